The molecule has 1 aliphatic rings. The summed E-state index contributed by atoms with van der Waals surface area (Å²) in [5.41, 5.74) is 0.947. The molecule has 0 radical (unpaired) electrons. The second-order valence-corrected chi connectivity index (χ2v) is 5.83. The second-order valence-electron chi connectivity index (χ2n) is 5.83. The number of hydrogen-bond donors (Lipinski definition) is 1. The van der Waals surface area contributed by atoms with E-state index in [4.69, 9.17) is 0 Å². The number of imidazole rings is 1. The van der Waals surface area contributed by atoms with Crippen molar-refractivity contribution in [1.29, 1.82) is 0 Å². The van der Waals surface area contributed by atoms with Gasteiger partial charge in [0.25, 0.3) is 0 Å². The van der Waals surface area contributed by atoms with Crippen LogP contribution in [0.15, 0.2) is 18.6 Å². The smallest absolute Gasteiger partial charge is 0.354 e. The number of hydrogen-bond acceptors (Lipinski definition) is 4. The summed E-state index contributed by atoms with van der Waals surface area (Å²) in [5, 5.41) is 9.25. The summed E-state index contributed by atoms with van der Waals surface area (Å²) in [6, 6.07) is 1.39. The lowest BCUT2D eigenvalue weighted by molar-refractivity contribution is -0.0385. The minimum Gasteiger partial charge on any atom is -0.477 e. The van der Waals surface area contributed by atoms with Crippen molar-refractivity contribution in [2.75, 3.05) is 0 Å². The summed E-state index contributed by atoms with van der Waals surface area (Å²) in [7, 11) is 1.75. The van der Waals surface area contributed by atoms with Gasteiger partial charge in [0.05, 0.1) is 12.5 Å². The van der Waals surface area contributed by atoms with Crippen LogP contribution >= 0.6 is 0 Å². The lowest BCUT2D eigenvalue weighted by Gasteiger charge is -2.28. The van der Waals surface area contributed by atoms with Crippen molar-refractivity contribution in [2.24, 2.45) is 7.05 Å². The van der Waals surface area contributed by atoms with Gasteiger partial charge >= 0.3 is 5.97 Å². The zero-order valence-corrected chi connectivity index (χ0v) is 14.5. The molecule has 8 heteroatoms. The number of carboxylic acid groups (broad SMARTS) is 1. The van der Waals surface area contributed by atoms with Gasteiger partial charge in [0.1, 0.15) is 5.69 Å². The highest BCUT2D eigenvalue weighted by Crippen LogP contribution is 2.40. The van der Waals surface area contributed by atoms with E-state index in [1.165, 1.54) is 6.07 Å². The van der Waals surface area contributed by atoms with Crippen LogP contribution < -0.4 is 0 Å². The van der Waals surface area contributed by atoms with Gasteiger partial charge in [-0.3, -0.25) is 0 Å². The average Bonchev–Trinajstić information content (AvgIpc) is 3.02. The topological polar surface area (TPSA) is 80.9 Å². The number of carboxylic acids is 1. The van der Waals surface area contributed by atoms with Crippen molar-refractivity contribution in [3.63, 3.8) is 0 Å². The largest absolute Gasteiger partial charge is 0.477 e. The van der Waals surface area contributed by atoms with Crippen LogP contribution in [0.4, 0.5) is 8.78 Å². The van der Waals surface area contributed by atoms with E-state index in [9.17, 15) is 18.7 Å². The predicted octanol–water partition coefficient (Wildman–Crippen LogP) is 3.89. The van der Waals surface area contributed by atoms with Crippen molar-refractivity contribution >= 4 is 5.97 Å². The number of aromatic nitrogens is 4. The van der Waals surface area contributed by atoms with Gasteiger partial charge in [0.15, 0.2) is 11.5 Å². The minimum absolute atomic E-state index is 0.136. The molecule has 0 unspecified atom stereocenters. The van der Waals surface area contributed by atoms with E-state index in [0.29, 0.717) is 11.4 Å². The second kappa shape index (κ2) is 7.67. The Kier molecular flexibility index (Phi) is 5.81. The Bertz CT molecular complexity index is 736. The molecule has 2 aromatic heterocycles. The molecule has 1 fully saturated rings. The molecule has 0 atom stereocenters. The van der Waals surface area contributed by atoms with Crippen molar-refractivity contribution in [2.45, 2.75) is 51.4 Å². The molecule has 3 rings (SSSR count). The van der Waals surface area contributed by atoms with Gasteiger partial charge in [0.2, 0.25) is 5.92 Å². The lowest BCUT2D eigenvalue weighted by Crippen LogP contribution is -2.24. The zero-order valence-electron chi connectivity index (χ0n) is 14.5. The molecule has 1 saturated carbocycles. The molecule has 136 valence electrons. The highest BCUT2D eigenvalue weighted by atomic mass is 19.3. The lowest BCUT2D eigenvalue weighted by atomic mass is 9.84. The van der Waals surface area contributed by atoms with Crippen molar-refractivity contribution < 1.29 is 18.7 Å². The summed E-state index contributed by atoms with van der Waals surface area (Å²) < 4.78 is 28.3. The fourth-order valence-electron chi connectivity index (χ4n) is 2.81. The number of aryl methyl sites for hydroxylation is 1. The van der Waals surface area contributed by atoms with Gasteiger partial charge in [-0.05, 0) is 18.9 Å². The van der Waals surface area contributed by atoms with Crippen LogP contribution in [0, 0.1) is 0 Å². The Balaban J connectivity index is 0.00000109. The SMILES string of the molecule is CC.Cn1cncc1-c1nc(C(=O)O)cc(C2CCC(F)(F)CC2)n1. The van der Waals surface area contributed by atoms with E-state index in [1.54, 1.807) is 24.1 Å². The standard InChI is InChI=1S/C15H16F2N4O2.C2H6/c1-21-8-18-7-12(21)13-19-10(6-11(20-13)14(22)23)9-2-4-15(16,17)5-3-9;1-2/h6-9H,2-5H2,1H3,(H,22,23);1-2H3. The first kappa shape index (κ1) is 19.0. The summed E-state index contributed by atoms with van der Waals surface area (Å²) >= 11 is 0. The first-order chi connectivity index (χ1) is 11.9. The number of carbonyl (C=O) groups is 1. The van der Waals surface area contributed by atoms with E-state index in [0.717, 1.165) is 0 Å². The third-order valence-corrected chi connectivity index (χ3v) is 4.15. The molecular formula is C17H22F2N4O2. The zero-order chi connectivity index (χ0) is 18.6. The Hall–Kier alpha value is -2.38. The van der Waals surface area contributed by atoms with Gasteiger partial charge in [-0.25, -0.2) is 28.5 Å². The molecule has 1 N–H and O–H groups in total. The molecule has 1 aliphatic carbocycles. The van der Waals surface area contributed by atoms with Crippen LogP contribution in [-0.4, -0.2) is 36.5 Å². The molecule has 0 aromatic carbocycles. The Morgan fingerprint density at radius 3 is 2.44 bits per heavy atom. The Labute approximate surface area is 145 Å². The maximum Gasteiger partial charge on any atom is 0.354 e. The van der Waals surface area contributed by atoms with Crippen LogP contribution in [0.1, 0.15) is 61.6 Å². The van der Waals surface area contributed by atoms with E-state index in [2.05, 4.69) is 15.0 Å². The molecule has 0 bridgehead atoms. The third kappa shape index (κ3) is 4.37. The van der Waals surface area contributed by atoms with Crippen molar-refractivity contribution in [1.82, 2.24) is 19.5 Å². The monoisotopic (exact) mass is 352 g/mol. The van der Waals surface area contributed by atoms with Crippen LogP contribution in [0.3, 0.4) is 0 Å². The molecule has 0 spiro atoms. The highest BCUT2D eigenvalue weighted by Gasteiger charge is 2.36. The van der Waals surface area contributed by atoms with Crippen molar-refractivity contribution in [3.05, 3.63) is 30.0 Å². The van der Waals surface area contributed by atoms with Gasteiger partial charge in [-0.2, -0.15) is 0 Å². The normalized spacial score (nSPS) is 16.8. The fraction of sp³-hybridized carbons (Fsp3) is 0.529. The summed E-state index contributed by atoms with van der Waals surface area (Å²) in [5.74, 6) is -3.73. The maximum atomic E-state index is 13.3. The summed E-state index contributed by atoms with van der Waals surface area (Å²) in [6.45, 7) is 4.00. The third-order valence-electron chi connectivity index (χ3n) is 4.15. The molecule has 0 saturated heterocycles. The molecule has 0 aliphatic heterocycles. The predicted molar refractivity (Wildman–Crippen MR) is 88.7 cm³/mol. The highest BCUT2D eigenvalue weighted by molar-refractivity contribution is 5.86. The van der Waals surface area contributed by atoms with Crippen LogP contribution in [0.25, 0.3) is 11.5 Å². The molecule has 0 amide bonds. The maximum absolute atomic E-state index is 13.3. The quantitative estimate of drug-likeness (QED) is 0.906. The average molecular weight is 352 g/mol. The first-order valence-corrected chi connectivity index (χ1v) is 8.32. The number of halogens is 2. The minimum atomic E-state index is -2.63. The van der Waals surface area contributed by atoms with Gasteiger partial charge < -0.3 is 9.67 Å². The van der Waals surface area contributed by atoms with E-state index in [-0.39, 0.29) is 43.1 Å². The molecule has 25 heavy (non-hydrogen) atoms. The van der Waals surface area contributed by atoms with Crippen LogP contribution in [-0.2, 0) is 7.05 Å². The number of nitrogens with zero attached hydrogens (tertiary/aromatic N) is 4. The Morgan fingerprint density at radius 1 is 1.28 bits per heavy atom. The summed E-state index contributed by atoms with van der Waals surface area (Å²) in [6.07, 6.45) is 3.27. The van der Waals surface area contributed by atoms with Gasteiger partial charge in [-0.15, -0.1) is 0 Å². The number of aromatic carboxylic acids is 1. The van der Waals surface area contributed by atoms with Crippen LogP contribution in [0.2, 0.25) is 0 Å². The van der Waals surface area contributed by atoms with E-state index < -0.39 is 11.9 Å². The van der Waals surface area contributed by atoms with E-state index in [1.807, 2.05) is 13.8 Å². The Morgan fingerprint density at radius 2 is 1.92 bits per heavy atom. The number of rotatable bonds is 3. The van der Waals surface area contributed by atoms with Gasteiger partial charge in [-0.1, -0.05) is 13.8 Å². The molecular weight excluding hydrogens is 330 g/mol. The van der Waals surface area contributed by atoms with Crippen LogP contribution in [0.5, 0.6) is 0 Å². The molecule has 2 heterocycles. The first-order valence-electron chi connectivity index (χ1n) is 8.32. The van der Waals surface area contributed by atoms with Gasteiger partial charge in [0, 0.05) is 31.5 Å². The van der Waals surface area contributed by atoms with E-state index >= 15 is 0 Å². The molecule has 6 nitrogen and oxygen atoms in total. The molecule has 2 aromatic rings. The number of alkyl halides is 2. The summed E-state index contributed by atoms with van der Waals surface area (Å²) in [4.78, 5) is 23.7. The van der Waals surface area contributed by atoms with Crippen molar-refractivity contribution in [3.8, 4) is 11.5 Å². The fourth-order valence-corrected chi connectivity index (χ4v) is 2.81.